The predicted molar refractivity (Wildman–Crippen MR) is 214 cm³/mol. The molecule has 1 aromatic carbocycles. The first-order valence-corrected chi connectivity index (χ1v) is 22.6. The van der Waals surface area contributed by atoms with E-state index in [9.17, 15) is 9.90 Å². The van der Waals surface area contributed by atoms with Crippen LogP contribution in [0.1, 0.15) is 125 Å². The summed E-state index contributed by atoms with van der Waals surface area (Å²) in [6.07, 6.45) is 21.8. The van der Waals surface area contributed by atoms with Crippen LogP contribution in [0.25, 0.3) is 0 Å². The molecule has 0 radical (unpaired) electrons. The maximum Gasteiger partial charge on any atom is 0.339 e. The summed E-state index contributed by atoms with van der Waals surface area (Å²) in [5, 5.41) is 12.9. The van der Waals surface area contributed by atoms with Crippen LogP contribution in [0.15, 0.2) is 64.8 Å². The first kappa shape index (κ1) is 35.8. The topological polar surface area (TPSA) is 105 Å². The van der Waals surface area contributed by atoms with Gasteiger partial charge in [-0.25, -0.2) is 4.79 Å². The Kier molecular flexibility index (Phi) is 8.19. The molecule has 3 N–H and O–H groups in total. The SMILES string of the molecule is CCC[C@@H]1[C@@]2(OC(=O)c3c(CCCN)cccc32)[C@@]23CCC4=C[C@@]12C(=O)O/C3=C(\O)C[C@@H](C1CCCCC1)N1C[C@H]2C[C@@H](C1)[C@@H]1C=CC3=C([C@H]4C[C@H](C)C3)N1C2. The van der Waals surface area contributed by atoms with E-state index in [1.54, 1.807) is 0 Å². The van der Waals surface area contributed by atoms with Crippen molar-refractivity contribution in [3.05, 3.63) is 81.5 Å². The third kappa shape index (κ3) is 4.49. The molecule has 1 unspecified atom stereocenters. The number of hydrogen-bond acceptors (Lipinski definition) is 8. The number of aliphatic hydroxyl groups is 1. The second-order valence-corrected chi connectivity index (χ2v) is 19.9. The predicted octanol–water partition coefficient (Wildman–Crippen LogP) is 8.24. The first-order valence-electron chi connectivity index (χ1n) is 22.6. The fourth-order valence-corrected chi connectivity index (χ4v) is 15.2. The van der Waals surface area contributed by atoms with Crippen molar-refractivity contribution in [3.63, 3.8) is 0 Å². The molecule has 2 spiro atoms. The van der Waals surface area contributed by atoms with Crippen LogP contribution in [-0.4, -0.2) is 65.1 Å². The number of carbonyl (C=O) groups is 2. The number of ether oxygens (including phenoxy) is 2. The summed E-state index contributed by atoms with van der Waals surface area (Å²) in [5.74, 6) is 2.14. The van der Waals surface area contributed by atoms with E-state index in [-0.39, 0.29) is 35.6 Å². The minimum absolute atomic E-state index is 0.166. The average molecular weight is 760 g/mol. The van der Waals surface area contributed by atoms with Crippen LogP contribution >= 0.6 is 0 Å². The van der Waals surface area contributed by atoms with Gasteiger partial charge in [-0.15, -0.1) is 0 Å². The van der Waals surface area contributed by atoms with Crippen LogP contribution < -0.4 is 5.73 Å². The van der Waals surface area contributed by atoms with Crippen LogP contribution in [0.5, 0.6) is 0 Å². The van der Waals surface area contributed by atoms with E-state index >= 15 is 4.79 Å². The standard InChI is InChI=1S/C48H61N3O5/c1-3-9-40-46-24-33-17-18-47(46,48(40)36-14-7-12-31(13-8-19-49)41(36)44(53)56-48)43(55-45(46)54)39(52)23-38(30-10-5-4-6-11-30)50-25-29-22-34(27-50)37-16-15-32-20-28(2)21-35(33)42(32)51(37)26-29/h7,12,14-16,24,28-30,34-35,37-38,40,52H,3-6,8-11,13,17-23,25-27,49H2,1-2H3/b43-39-/t28-,29-,34+,35+,37+,38+,40+,46+,47-,48-/m1/s1. The average Bonchev–Trinajstić information content (AvgIpc) is 3.66. The molecule has 0 aromatic heterocycles. The summed E-state index contributed by atoms with van der Waals surface area (Å²) in [6, 6.07) is 6.74. The van der Waals surface area contributed by atoms with Crippen LogP contribution in [0.4, 0.5) is 0 Å². The van der Waals surface area contributed by atoms with Gasteiger partial charge in [0.15, 0.2) is 11.4 Å². The molecule has 1 aromatic rings. The van der Waals surface area contributed by atoms with Crippen LogP contribution in [0.3, 0.4) is 0 Å². The maximum absolute atomic E-state index is 15.3. The smallest absolute Gasteiger partial charge is 0.339 e. The monoisotopic (exact) mass is 759 g/mol. The van der Waals surface area contributed by atoms with Crippen molar-refractivity contribution >= 4 is 11.9 Å². The van der Waals surface area contributed by atoms with Gasteiger partial charge in [0.05, 0.1) is 17.0 Å². The summed E-state index contributed by atoms with van der Waals surface area (Å²) in [7, 11) is 0. The Morgan fingerprint density at radius 3 is 2.71 bits per heavy atom. The minimum Gasteiger partial charge on any atom is -0.509 e. The molecule has 2 saturated carbocycles. The Labute approximate surface area is 332 Å². The number of nitrogens with two attached hydrogens (primary N) is 1. The second-order valence-electron chi connectivity index (χ2n) is 19.9. The number of nitrogens with zero attached hydrogens (tertiary/aromatic N) is 2. The van der Waals surface area contributed by atoms with Crippen molar-refractivity contribution in [2.75, 3.05) is 26.2 Å². The minimum atomic E-state index is -1.11. The number of esters is 2. The number of piperidine rings is 2. The zero-order chi connectivity index (χ0) is 38.1. The fraction of sp³-hybridized carbons (Fsp3) is 0.667. The third-order valence-corrected chi connectivity index (χ3v) is 17.1. The molecule has 13 aliphatic rings. The van der Waals surface area contributed by atoms with Gasteiger partial charge in [-0.05, 0) is 106 Å². The molecule has 10 bridgehead atoms. The number of aliphatic hydroxyl groups excluding tert-OH is 1. The number of aryl methyl sites for hydroxylation is 1. The van der Waals surface area contributed by atoms with Gasteiger partial charge in [0.25, 0.3) is 0 Å². The summed E-state index contributed by atoms with van der Waals surface area (Å²) in [6.45, 7) is 8.28. The van der Waals surface area contributed by atoms with E-state index in [0.717, 1.165) is 62.9 Å². The van der Waals surface area contributed by atoms with Crippen LogP contribution in [0, 0.1) is 46.3 Å². The van der Waals surface area contributed by atoms with Crippen LogP contribution in [-0.2, 0) is 26.3 Å². The lowest BCUT2D eigenvalue weighted by Gasteiger charge is -2.69. The third-order valence-electron chi connectivity index (χ3n) is 17.1. The van der Waals surface area contributed by atoms with Gasteiger partial charge < -0.3 is 25.2 Å². The lowest BCUT2D eigenvalue weighted by atomic mass is 9.31. The molecule has 11 atom stereocenters. The molecule has 8 heteroatoms. The molecule has 9 heterocycles. The first-order chi connectivity index (χ1) is 27.3. The van der Waals surface area contributed by atoms with E-state index < -0.39 is 16.4 Å². The lowest BCUT2D eigenvalue weighted by molar-refractivity contribution is -0.272. The van der Waals surface area contributed by atoms with E-state index in [4.69, 9.17) is 15.2 Å². The van der Waals surface area contributed by atoms with Gasteiger partial charge in [-0.2, -0.15) is 0 Å². The highest BCUT2D eigenvalue weighted by atomic mass is 16.6. The van der Waals surface area contributed by atoms with Gasteiger partial charge in [0.1, 0.15) is 11.2 Å². The quantitative estimate of drug-likeness (QED) is 0.221. The molecule has 4 aliphatic carbocycles. The number of carbonyl (C=O) groups excluding carboxylic acids is 2. The summed E-state index contributed by atoms with van der Waals surface area (Å²) < 4.78 is 13.7. The normalized spacial score (nSPS) is 43.3. The molecule has 9 aliphatic heterocycles. The Morgan fingerprint density at radius 1 is 1.04 bits per heavy atom. The number of fused-ring (bicyclic) bond motifs is 2. The van der Waals surface area contributed by atoms with E-state index in [0.29, 0.717) is 73.3 Å². The molecule has 3 saturated heterocycles. The summed E-state index contributed by atoms with van der Waals surface area (Å²) in [5.41, 5.74) is 9.70. The Morgan fingerprint density at radius 2 is 1.89 bits per heavy atom. The number of rotatable bonds is 6. The second kappa shape index (κ2) is 12.8. The molecule has 14 rings (SSSR count). The van der Waals surface area contributed by atoms with Crippen molar-refractivity contribution in [1.29, 1.82) is 0 Å². The Bertz CT molecular complexity index is 1990. The lowest BCUT2D eigenvalue weighted by Crippen LogP contribution is -2.75. The highest BCUT2D eigenvalue weighted by molar-refractivity contribution is 5.99. The van der Waals surface area contributed by atoms with Gasteiger partial charge in [-0.3, -0.25) is 9.69 Å². The molecule has 0 amide bonds. The fourth-order valence-electron chi connectivity index (χ4n) is 15.2. The molecule has 298 valence electrons. The largest absolute Gasteiger partial charge is 0.509 e. The van der Waals surface area contributed by atoms with Gasteiger partial charge in [0.2, 0.25) is 0 Å². The van der Waals surface area contributed by atoms with Crippen molar-refractivity contribution in [2.45, 2.75) is 128 Å². The van der Waals surface area contributed by atoms with Gasteiger partial charge in [-0.1, -0.05) is 81.5 Å². The van der Waals surface area contributed by atoms with Crippen molar-refractivity contribution in [2.24, 2.45) is 52.1 Å². The molecule has 56 heavy (non-hydrogen) atoms. The Hall–Kier alpha value is -3.36. The maximum atomic E-state index is 15.3. The van der Waals surface area contributed by atoms with Crippen molar-refractivity contribution < 1.29 is 24.2 Å². The summed E-state index contributed by atoms with van der Waals surface area (Å²) >= 11 is 0. The highest BCUT2D eigenvalue weighted by Crippen LogP contribution is 2.85. The Balaban J connectivity index is 1.16. The number of allylic oxidation sites excluding steroid dienone is 3. The van der Waals surface area contributed by atoms with Gasteiger partial charge in [0, 0.05) is 55.2 Å². The summed E-state index contributed by atoms with van der Waals surface area (Å²) in [4.78, 5) is 35.3. The number of benzene rings is 1. The zero-order valence-electron chi connectivity index (χ0n) is 33.6. The molecule has 5 fully saturated rings. The zero-order valence-corrected chi connectivity index (χ0v) is 33.6. The van der Waals surface area contributed by atoms with Crippen molar-refractivity contribution in [1.82, 2.24) is 9.80 Å². The number of hydrogen-bond donors (Lipinski definition) is 2. The van der Waals surface area contributed by atoms with Gasteiger partial charge >= 0.3 is 11.9 Å². The molecular formula is C48H61N3O5. The van der Waals surface area contributed by atoms with E-state index in [1.807, 2.05) is 6.07 Å². The highest BCUT2D eigenvalue weighted by Gasteiger charge is 2.91. The van der Waals surface area contributed by atoms with E-state index in [2.05, 4.69) is 54.0 Å². The van der Waals surface area contributed by atoms with E-state index in [1.165, 1.54) is 55.4 Å². The molecular weight excluding hydrogens is 699 g/mol. The van der Waals surface area contributed by atoms with Crippen molar-refractivity contribution in [3.8, 4) is 0 Å². The van der Waals surface area contributed by atoms with Crippen LogP contribution in [0.2, 0.25) is 0 Å². The molecule has 8 nitrogen and oxygen atoms in total.